The van der Waals surface area contributed by atoms with E-state index >= 15 is 0 Å². The van der Waals surface area contributed by atoms with Gasteiger partial charge < -0.3 is 11.1 Å². The molecular weight excluding hydrogens is 297 g/mol. The Bertz CT molecular complexity index is 783. The van der Waals surface area contributed by atoms with Crippen LogP contribution in [0.25, 0.3) is 0 Å². The molecule has 2 aromatic rings. The Hall–Kier alpha value is -3.20. The molecule has 2 rings (SSSR count). The highest BCUT2D eigenvalue weighted by Crippen LogP contribution is 2.11. The number of carbonyl (C=O) groups is 2. The van der Waals surface area contributed by atoms with Crippen LogP contribution >= 0.6 is 0 Å². The first-order valence-electron chi connectivity index (χ1n) is 6.85. The molecule has 0 aliphatic carbocycles. The normalized spacial score (nSPS) is 11.3. The van der Waals surface area contributed by atoms with Gasteiger partial charge in [0.25, 0.3) is 5.91 Å². The molecule has 2 amide bonds. The summed E-state index contributed by atoms with van der Waals surface area (Å²) in [6.45, 7) is 0. The van der Waals surface area contributed by atoms with Gasteiger partial charge in [-0.15, -0.1) is 0 Å². The SMILES string of the molecule is N#Cc1ccccc1C[C@@H](NC(=O)c1cccc(F)c1)C(N)=O. The van der Waals surface area contributed by atoms with Gasteiger partial charge in [-0.2, -0.15) is 5.26 Å². The lowest BCUT2D eigenvalue weighted by atomic mass is 10.00. The molecule has 23 heavy (non-hydrogen) atoms. The van der Waals surface area contributed by atoms with Crippen molar-refractivity contribution >= 4 is 11.8 Å². The van der Waals surface area contributed by atoms with Crippen molar-refractivity contribution in [1.29, 1.82) is 5.26 Å². The van der Waals surface area contributed by atoms with E-state index in [1.807, 2.05) is 6.07 Å². The molecule has 0 aromatic heterocycles. The summed E-state index contributed by atoms with van der Waals surface area (Å²) in [5, 5.41) is 11.5. The van der Waals surface area contributed by atoms with Gasteiger partial charge in [0.15, 0.2) is 0 Å². The van der Waals surface area contributed by atoms with Crippen LogP contribution in [-0.2, 0) is 11.2 Å². The number of nitrogens with zero attached hydrogens (tertiary/aromatic N) is 1. The van der Waals surface area contributed by atoms with Crippen LogP contribution < -0.4 is 11.1 Å². The first kappa shape index (κ1) is 16.2. The van der Waals surface area contributed by atoms with Crippen LogP contribution in [0.3, 0.4) is 0 Å². The maximum absolute atomic E-state index is 13.2. The third-order valence-electron chi connectivity index (χ3n) is 3.30. The van der Waals surface area contributed by atoms with Crippen molar-refractivity contribution in [2.75, 3.05) is 0 Å². The molecular formula is C17H14FN3O2. The molecule has 5 nitrogen and oxygen atoms in total. The van der Waals surface area contributed by atoms with Crippen LogP contribution in [-0.4, -0.2) is 17.9 Å². The summed E-state index contributed by atoms with van der Waals surface area (Å²) < 4.78 is 13.2. The summed E-state index contributed by atoms with van der Waals surface area (Å²) in [6, 6.07) is 12.8. The molecule has 0 unspecified atom stereocenters. The van der Waals surface area contributed by atoms with E-state index < -0.39 is 23.7 Å². The van der Waals surface area contributed by atoms with E-state index in [4.69, 9.17) is 11.0 Å². The molecule has 2 aromatic carbocycles. The molecule has 0 aliphatic rings. The molecule has 0 fully saturated rings. The fraction of sp³-hybridized carbons (Fsp3) is 0.118. The molecule has 0 spiro atoms. The predicted octanol–water partition coefficient (Wildman–Crippen LogP) is 1.52. The Morgan fingerprint density at radius 1 is 1.22 bits per heavy atom. The maximum Gasteiger partial charge on any atom is 0.252 e. The topological polar surface area (TPSA) is 96.0 Å². The third-order valence-corrected chi connectivity index (χ3v) is 3.30. The van der Waals surface area contributed by atoms with Gasteiger partial charge in [-0.1, -0.05) is 24.3 Å². The highest BCUT2D eigenvalue weighted by molar-refractivity contribution is 5.97. The number of benzene rings is 2. The minimum atomic E-state index is -1.000. The lowest BCUT2D eigenvalue weighted by Crippen LogP contribution is -2.46. The number of rotatable bonds is 5. The summed E-state index contributed by atoms with van der Waals surface area (Å²) in [7, 11) is 0. The molecule has 1 atom stereocenters. The number of nitrogens with two attached hydrogens (primary N) is 1. The Morgan fingerprint density at radius 2 is 1.96 bits per heavy atom. The number of halogens is 1. The fourth-order valence-electron chi connectivity index (χ4n) is 2.12. The summed E-state index contributed by atoms with van der Waals surface area (Å²) in [5.41, 5.74) is 6.41. The van der Waals surface area contributed by atoms with Crippen molar-refractivity contribution < 1.29 is 14.0 Å². The van der Waals surface area contributed by atoms with Crippen molar-refractivity contribution in [2.24, 2.45) is 5.73 Å². The Morgan fingerprint density at radius 3 is 2.61 bits per heavy atom. The number of amides is 2. The quantitative estimate of drug-likeness (QED) is 0.876. The number of carbonyl (C=O) groups excluding carboxylic acids is 2. The molecule has 0 saturated heterocycles. The van der Waals surface area contributed by atoms with Crippen molar-refractivity contribution in [3.63, 3.8) is 0 Å². The van der Waals surface area contributed by atoms with Gasteiger partial charge >= 0.3 is 0 Å². The molecule has 0 bridgehead atoms. The lowest BCUT2D eigenvalue weighted by Gasteiger charge is -2.16. The maximum atomic E-state index is 13.2. The van der Waals surface area contributed by atoms with Crippen LogP contribution in [0.5, 0.6) is 0 Å². The van der Waals surface area contributed by atoms with Crippen LogP contribution in [0, 0.1) is 17.1 Å². The zero-order valence-electron chi connectivity index (χ0n) is 12.1. The zero-order valence-corrected chi connectivity index (χ0v) is 12.1. The Labute approximate surface area is 132 Å². The fourth-order valence-corrected chi connectivity index (χ4v) is 2.12. The first-order chi connectivity index (χ1) is 11.0. The molecule has 0 aliphatic heterocycles. The molecule has 3 N–H and O–H groups in total. The van der Waals surface area contributed by atoms with E-state index in [1.54, 1.807) is 24.3 Å². The van der Waals surface area contributed by atoms with E-state index in [-0.39, 0.29) is 12.0 Å². The molecule has 0 saturated carbocycles. The summed E-state index contributed by atoms with van der Waals surface area (Å²) in [6.07, 6.45) is 0.0835. The van der Waals surface area contributed by atoms with Crippen LogP contribution in [0.2, 0.25) is 0 Å². The lowest BCUT2D eigenvalue weighted by molar-refractivity contribution is -0.119. The van der Waals surface area contributed by atoms with Crippen molar-refractivity contribution in [1.82, 2.24) is 5.32 Å². The Kier molecular flexibility index (Phi) is 5.05. The van der Waals surface area contributed by atoms with E-state index in [1.165, 1.54) is 18.2 Å². The molecule has 116 valence electrons. The number of nitriles is 1. The number of nitrogens with one attached hydrogen (secondary N) is 1. The largest absolute Gasteiger partial charge is 0.368 e. The van der Waals surface area contributed by atoms with Crippen molar-refractivity contribution in [3.05, 3.63) is 71.0 Å². The van der Waals surface area contributed by atoms with Gasteiger partial charge in [-0.3, -0.25) is 9.59 Å². The van der Waals surface area contributed by atoms with Gasteiger partial charge in [0, 0.05) is 12.0 Å². The van der Waals surface area contributed by atoms with E-state index in [2.05, 4.69) is 5.32 Å². The smallest absolute Gasteiger partial charge is 0.252 e. The second-order valence-electron chi connectivity index (χ2n) is 4.91. The second kappa shape index (κ2) is 7.18. The van der Waals surface area contributed by atoms with Crippen LogP contribution in [0.4, 0.5) is 4.39 Å². The van der Waals surface area contributed by atoms with Gasteiger partial charge in [0.1, 0.15) is 11.9 Å². The van der Waals surface area contributed by atoms with Gasteiger partial charge in [0.05, 0.1) is 11.6 Å². The van der Waals surface area contributed by atoms with Crippen LogP contribution in [0.1, 0.15) is 21.5 Å². The van der Waals surface area contributed by atoms with Gasteiger partial charge in [-0.25, -0.2) is 4.39 Å². The minimum absolute atomic E-state index is 0.0835. The molecule has 0 heterocycles. The monoisotopic (exact) mass is 311 g/mol. The highest BCUT2D eigenvalue weighted by atomic mass is 19.1. The number of hydrogen-bond acceptors (Lipinski definition) is 3. The summed E-state index contributed by atoms with van der Waals surface area (Å²) >= 11 is 0. The molecule has 6 heteroatoms. The number of primary amides is 1. The standard InChI is InChI=1S/C17H14FN3O2/c18-14-7-3-6-12(8-14)17(23)21-15(16(20)22)9-11-4-1-2-5-13(11)10-19/h1-8,15H,9H2,(H2,20,22)(H,21,23)/t15-/m1/s1. The van der Waals surface area contributed by atoms with Gasteiger partial charge in [-0.05, 0) is 29.8 Å². The predicted molar refractivity (Wildman–Crippen MR) is 81.7 cm³/mol. The van der Waals surface area contributed by atoms with Crippen LogP contribution in [0.15, 0.2) is 48.5 Å². The second-order valence-corrected chi connectivity index (χ2v) is 4.91. The zero-order chi connectivity index (χ0) is 16.8. The average molecular weight is 311 g/mol. The average Bonchev–Trinajstić information content (AvgIpc) is 2.54. The van der Waals surface area contributed by atoms with Crippen molar-refractivity contribution in [3.8, 4) is 6.07 Å². The third kappa shape index (κ3) is 4.14. The summed E-state index contributed by atoms with van der Waals surface area (Å²) in [5.74, 6) is -1.90. The minimum Gasteiger partial charge on any atom is -0.368 e. The first-order valence-corrected chi connectivity index (χ1v) is 6.85. The Balaban J connectivity index is 2.18. The van der Waals surface area contributed by atoms with Gasteiger partial charge in [0.2, 0.25) is 5.91 Å². The van der Waals surface area contributed by atoms with E-state index in [9.17, 15) is 14.0 Å². The van der Waals surface area contributed by atoms with Crippen molar-refractivity contribution in [2.45, 2.75) is 12.5 Å². The summed E-state index contributed by atoms with van der Waals surface area (Å²) in [4.78, 5) is 23.7. The highest BCUT2D eigenvalue weighted by Gasteiger charge is 2.20. The van der Waals surface area contributed by atoms with E-state index in [0.29, 0.717) is 11.1 Å². The number of hydrogen-bond donors (Lipinski definition) is 2. The molecule has 0 radical (unpaired) electrons. The van der Waals surface area contributed by atoms with E-state index in [0.717, 1.165) is 6.07 Å².